The van der Waals surface area contributed by atoms with Gasteiger partial charge in [-0.3, -0.25) is 0 Å². The Morgan fingerprint density at radius 2 is 2.08 bits per heavy atom. The molecular weight excluding hydrogens is 148 g/mol. The Hall–Kier alpha value is -0.0800. The molecule has 0 radical (unpaired) electrons. The first-order valence-corrected chi connectivity index (χ1v) is 4.96. The maximum Gasteiger partial charge on any atom is 0.0266 e. The van der Waals surface area contributed by atoms with Crippen molar-refractivity contribution in [2.24, 2.45) is 5.41 Å². The first-order chi connectivity index (χ1) is 5.55. The van der Waals surface area contributed by atoms with Gasteiger partial charge in [-0.1, -0.05) is 20.8 Å². The van der Waals surface area contributed by atoms with Crippen molar-refractivity contribution in [3.05, 3.63) is 0 Å². The second kappa shape index (κ2) is 3.75. The van der Waals surface area contributed by atoms with Gasteiger partial charge in [-0.25, -0.2) is 0 Å². The molecular formula is C10H22N2. The van der Waals surface area contributed by atoms with E-state index in [2.05, 4.69) is 38.5 Å². The smallest absolute Gasteiger partial charge is 0.0266 e. The first-order valence-electron chi connectivity index (χ1n) is 4.96. The van der Waals surface area contributed by atoms with Crippen LogP contribution in [-0.4, -0.2) is 25.7 Å². The molecule has 0 saturated carbocycles. The number of likely N-dealkylation sites (N-methyl/N-ethyl adjacent to an activating group) is 1. The molecule has 0 aromatic rings. The fourth-order valence-electron chi connectivity index (χ4n) is 2.23. The molecule has 72 valence electrons. The van der Waals surface area contributed by atoms with Crippen LogP contribution in [0.2, 0.25) is 0 Å². The van der Waals surface area contributed by atoms with Gasteiger partial charge in [0.05, 0.1) is 0 Å². The Balaban J connectivity index is 2.54. The van der Waals surface area contributed by atoms with E-state index in [0.717, 1.165) is 0 Å². The summed E-state index contributed by atoms with van der Waals surface area (Å²) < 4.78 is 0. The van der Waals surface area contributed by atoms with Crippen molar-refractivity contribution in [3.63, 3.8) is 0 Å². The summed E-state index contributed by atoms with van der Waals surface area (Å²) in [6.07, 6.45) is 2.65. The van der Waals surface area contributed by atoms with Crippen molar-refractivity contribution in [2.45, 2.75) is 45.7 Å². The zero-order valence-electron chi connectivity index (χ0n) is 8.78. The lowest BCUT2D eigenvalue weighted by molar-refractivity contribution is 0.232. The van der Waals surface area contributed by atoms with Crippen LogP contribution >= 0.6 is 0 Å². The molecule has 2 heteroatoms. The summed E-state index contributed by atoms with van der Waals surface area (Å²) in [5.74, 6) is 0. The highest BCUT2D eigenvalue weighted by Crippen LogP contribution is 2.25. The molecule has 1 heterocycles. The number of nitrogens with one attached hydrogen (secondary N) is 2. The normalized spacial score (nSPS) is 27.5. The van der Waals surface area contributed by atoms with Gasteiger partial charge in [0.25, 0.3) is 0 Å². The second-order valence-corrected chi connectivity index (χ2v) is 4.84. The van der Waals surface area contributed by atoms with Crippen LogP contribution in [0.5, 0.6) is 0 Å². The Labute approximate surface area is 76.1 Å². The van der Waals surface area contributed by atoms with Crippen LogP contribution in [0.1, 0.15) is 33.6 Å². The molecule has 0 bridgehead atoms. The van der Waals surface area contributed by atoms with Crippen molar-refractivity contribution >= 4 is 0 Å². The minimum atomic E-state index is 0.358. The van der Waals surface area contributed by atoms with E-state index in [1.54, 1.807) is 0 Å². The van der Waals surface area contributed by atoms with Gasteiger partial charge in [0, 0.05) is 12.1 Å². The predicted molar refractivity (Wildman–Crippen MR) is 53.3 cm³/mol. The molecule has 2 nitrogen and oxygen atoms in total. The highest BCUT2D eigenvalue weighted by Gasteiger charge is 2.32. The lowest BCUT2D eigenvalue weighted by atomic mass is 9.82. The highest BCUT2D eigenvalue weighted by atomic mass is 15.0. The van der Waals surface area contributed by atoms with E-state index in [9.17, 15) is 0 Å². The Bertz CT molecular complexity index is 131. The summed E-state index contributed by atoms with van der Waals surface area (Å²) in [6.45, 7) is 8.09. The molecule has 1 aliphatic rings. The summed E-state index contributed by atoms with van der Waals surface area (Å²) in [5, 5.41) is 6.97. The first kappa shape index (κ1) is 10.0. The van der Waals surface area contributed by atoms with Crippen LogP contribution in [0.25, 0.3) is 0 Å². The van der Waals surface area contributed by atoms with E-state index < -0.39 is 0 Å². The molecule has 0 aromatic carbocycles. The molecule has 12 heavy (non-hydrogen) atoms. The molecule has 1 rings (SSSR count). The van der Waals surface area contributed by atoms with Crippen LogP contribution in [-0.2, 0) is 0 Å². The molecule has 0 spiro atoms. The quantitative estimate of drug-likeness (QED) is 0.654. The average molecular weight is 170 g/mol. The zero-order valence-corrected chi connectivity index (χ0v) is 8.78. The van der Waals surface area contributed by atoms with Crippen LogP contribution in [0.4, 0.5) is 0 Å². The van der Waals surface area contributed by atoms with Gasteiger partial charge in [-0.05, 0) is 31.8 Å². The van der Waals surface area contributed by atoms with Crippen molar-refractivity contribution in [2.75, 3.05) is 13.6 Å². The molecule has 1 fully saturated rings. The summed E-state index contributed by atoms with van der Waals surface area (Å²) in [7, 11) is 2.07. The van der Waals surface area contributed by atoms with Gasteiger partial charge in [0.2, 0.25) is 0 Å². The average Bonchev–Trinajstić information content (AvgIpc) is 2.38. The lowest BCUT2D eigenvalue weighted by Gasteiger charge is -2.35. The zero-order chi connectivity index (χ0) is 9.19. The minimum absolute atomic E-state index is 0.358. The van der Waals surface area contributed by atoms with E-state index in [4.69, 9.17) is 0 Å². The van der Waals surface area contributed by atoms with Gasteiger partial charge < -0.3 is 10.6 Å². The third kappa shape index (κ3) is 2.20. The maximum atomic E-state index is 3.55. The third-order valence-corrected chi connectivity index (χ3v) is 2.74. The maximum absolute atomic E-state index is 3.55. The summed E-state index contributed by atoms with van der Waals surface area (Å²) in [5.41, 5.74) is 0.358. The summed E-state index contributed by atoms with van der Waals surface area (Å²) in [4.78, 5) is 0. The van der Waals surface area contributed by atoms with Gasteiger partial charge >= 0.3 is 0 Å². The van der Waals surface area contributed by atoms with E-state index in [1.165, 1.54) is 19.4 Å². The molecule has 2 unspecified atom stereocenters. The largest absolute Gasteiger partial charge is 0.315 e. The van der Waals surface area contributed by atoms with Crippen molar-refractivity contribution < 1.29 is 0 Å². The van der Waals surface area contributed by atoms with E-state index in [-0.39, 0.29) is 0 Å². The summed E-state index contributed by atoms with van der Waals surface area (Å²) in [6, 6.07) is 1.27. The molecule has 0 amide bonds. The van der Waals surface area contributed by atoms with Crippen LogP contribution in [0.15, 0.2) is 0 Å². The number of rotatable bonds is 2. The fraction of sp³-hybridized carbons (Fsp3) is 1.00. The molecule has 1 saturated heterocycles. The van der Waals surface area contributed by atoms with Crippen LogP contribution < -0.4 is 10.6 Å². The van der Waals surface area contributed by atoms with E-state index >= 15 is 0 Å². The van der Waals surface area contributed by atoms with Gasteiger partial charge in [-0.2, -0.15) is 0 Å². The third-order valence-electron chi connectivity index (χ3n) is 2.74. The molecule has 0 aromatic heterocycles. The number of hydrogen-bond donors (Lipinski definition) is 2. The lowest BCUT2D eigenvalue weighted by Crippen LogP contribution is -2.51. The monoisotopic (exact) mass is 170 g/mol. The van der Waals surface area contributed by atoms with Crippen molar-refractivity contribution in [1.82, 2.24) is 10.6 Å². The van der Waals surface area contributed by atoms with Crippen LogP contribution in [0.3, 0.4) is 0 Å². The molecule has 2 atom stereocenters. The Morgan fingerprint density at radius 1 is 1.42 bits per heavy atom. The van der Waals surface area contributed by atoms with Gasteiger partial charge in [0.1, 0.15) is 0 Å². The predicted octanol–water partition coefficient (Wildman–Crippen LogP) is 1.37. The van der Waals surface area contributed by atoms with E-state index in [0.29, 0.717) is 17.5 Å². The van der Waals surface area contributed by atoms with Crippen molar-refractivity contribution in [1.29, 1.82) is 0 Å². The van der Waals surface area contributed by atoms with Gasteiger partial charge in [-0.15, -0.1) is 0 Å². The van der Waals surface area contributed by atoms with Crippen molar-refractivity contribution in [3.8, 4) is 0 Å². The Kier molecular flexibility index (Phi) is 3.13. The molecule has 2 N–H and O–H groups in total. The second-order valence-electron chi connectivity index (χ2n) is 4.84. The summed E-state index contributed by atoms with van der Waals surface area (Å²) >= 11 is 0. The Morgan fingerprint density at radius 3 is 2.42 bits per heavy atom. The molecule has 0 aliphatic carbocycles. The topological polar surface area (TPSA) is 24.1 Å². The van der Waals surface area contributed by atoms with Crippen LogP contribution in [0, 0.1) is 5.41 Å². The number of hydrogen-bond acceptors (Lipinski definition) is 2. The minimum Gasteiger partial charge on any atom is -0.315 e. The fourth-order valence-corrected chi connectivity index (χ4v) is 2.23. The molecule has 1 aliphatic heterocycles. The van der Waals surface area contributed by atoms with E-state index in [1.807, 2.05) is 0 Å². The van der Waals surface area contributed by atoms with Gasteiger partial charge in [0.15, 0.2) is 0 Å². The SMILES string of the molecule is CNC(C1CCCN1)C(C)(C)C. The highest BCUT2D eigenvalue weighted by molar-refractivity contribution is 4.92. The standard InChI is InChI=1S/C10H22N2/c1-10(2,3)9(11-4)8-6-5-7-12-8/h8-9,11-12H,5-7H2,1-4H3.